The zero-order valence-corrected chi connectivity index (χ0v) is 24.0. The molecule has 4 aromatic rings. The Morgan fingerprint density at radius 2 is 1.80 bits per heavy atom. The number of hydrogen-bond donors (Lipinski definition) is 2. The molecule has 0 fully saturated rings. The van der Waals surface area contributed by atoms with Gasteiger partial charge in [0.2, 0.25) is 6.79 Å². The van der Waals surface area contributed by atoms with E-state index in [2.05, 4.69) is 10.3 Å². The standard InChI is InChI=1S/C29H30N4O6S2/c1-30-29(40)32(14-16-37-23-9-3-2-4-10-23)19-22-17-25-26(39-20-38-25)18-24(22)33(13-15-34)41(35,36)27-11-5-7-21-8-6-12-31-28(21)27/h2-12,17-18,34H,13-16,19-20H2,1H3,(H,30,40). The van der Waals surface area contributed by atoms with Crippen LogP contribution < -0.4 is 23.8 Å². The van der Waals surface area contributed by atoms with Gasteiger partial charge in [-0.15, -0.1) is 0 Å². The Balaban J connectivity index is 1.53. The van der Waals surface area contributed by atoms with Crippen LogP contribution in [0.5, 0.6) is 17.2 Å². The summed E-state index contributed by atoms with van der Waals surface area (Å²) in [5, 5.41) is 14.2. The largest absolute Gasteiger partial charge is 0.492 e. The Kier molecular flexibility index (Phi) is 8.72. The summed E-state index contributed by atoms with van der Waals surface area (Å²) in [7, 11) is -2.45. The fourth-order valence-electron chi connectivity index (χ4n) is 4.60. The Hall–Kier alpha value is -4.13. The highest BCUT2D eigenvalue weighted by atomic mass is 32.2. The van der Waals surface area contributed by atoms with Crippen LogP contribution >= 0.6 is 12.2 Å². The van der Waals surface area contributed by atoms with E-state index in [1.807, 2.05) is 35.2 Å². The highest BCUT2D eigenvalue weighted by Crippen LogP contribution is 2.41. The third kappa shape index (κ3) is 6.14. The average Bonchev–Trinajstić information content (AvgIpc) is 3.46. The molecule has 214 valence electrons. The first-order valence-corrected chi connectivity index (χ1v) is 14.8. The van der Waals surface area contributed by atoms with Gasteiger partial charge in [-0.3, -0.25) is 9.29 Å². The third-order valence-corrected chi connectivity index (χ3v) is 8.85. The predicted octanol–water partition coefficient (Wildman–Crippen LogP) is 3.54. The normalized spacial score (nSPS) is 12.2. The molecule has 0 bridgehead atoms. The highest BCUT2D eigenvalue weighted by Gasteiger charge is 2.31. The second-order valence-corrected chi connectivity index (χ2v) is 11.3. The van der Waals surface area contributed by atoms with E-state index in [0.29, 0.717) is 51.9 Å². The van der Waals surface area contributed by atoms with E-state index in [4.69, 9.17) is 26.4 Å². The lowest BCUT2D eigenvalue weighted by atomic mass is 10.1. The molecule has 3 aromatic carbocycles. The summed E-state index contributed by atoms with van der Waals surface area (Å²) >= 11 is 5.59. The second kappa shape index (κ2) is 12.6. The number of pyridine rings is 1. The zero-order valence-electron chi connectivity index (χ0n) is 22.4. The molecule has 0 spiro atoms. The van der Waals surface area contributed by atoms with Crippen molar-refractivity contribution < 1.29 is 27.7 Å². The van der Waals surface area contributed by atoms with Crippen molar-refractivity contribution in [1.82, 2.24) is 15.2 Å². The maximum Gasteiger partial charge on any atom is 0.266 e. The number of fused-ring (bicyclic) bond motifs is 2. The fourth-order valence-corrected chi connectivity index (χ4v) is 6.41. The Morgan fingerprint density at radius 1 is 1.05 bits per heavy atom. The smallest absolute Gasteiger partial charge is 0.266 e. The van der Waals surface area contributed by atoms with Crippen molar-refractivity contribution in [2.75, 3.05) is 44.4 Å². The Morgan fingerprint density at radius 3 is 2.56 bits per heavy atom. The first-order valence-electron chi connectivity index (χ1n) is 13.0. The number of thiocarbonyl (C=S) groups is 1. The molecule has 2 heterocycles. The summed E-state index contributed by atoms with van der Waals surface area (Å²) in [6, 6.07) is 21.4. The SMILES string of the molecule is CNC(=S)N(CCOc1ccccc1)Cc1cc2c(cc1N(CCO)S(=O)(=O)c1cccc3cccnc13)OCO2. The number of hydrogen-bond acceptors (Lipinski definition) is 8. The summed E-state index contributed by atoms with van der Waals surface area (Å²) in [4.78, 5) is 6.26. The molecule has 2 N–H and O–H groups in total. The molecule has 0 amide bonds. The van der Waals surface area contributed by atoms with Crippen LogP contribution in [0.4, 0.5) is 5.69 Å². The minimum Gasteiger partial charge on any atom is -0.492 e. The third-order valence-electron chi connectivity index (χ3n) is 6.54. The van der Waals surface area contributed by atoms with Crippen molar-refractivity contribution in [3.63, 3.8) is 0 Å². The van der Waals surface area contributed by atoms with Gasteiger partial charge in [0.25, 0.3) is 10.0 Å². The van der Waals surface area contributed by atoms with Crippen molar-refractivity contribution in [3.05, 3.63) is 84.6 Å². The number of aliphatic hydroxyl groups excluding tert-OH is 1. The number of ether oxygens (including phenoxy) is 3. The number of nitrogens with one attached hydrogen (secondary N) is 1. The van der Waals surface area contributed by atoms with E-state index in [1.54, 1.807) is 49.6 Å². The molecule has 0 unspecified atom stereocenters. The minimum absolute atomic E-state index is 0.0157. The number of rotatable bonds is 11. The van der Waals surface area contributed by atoms with Gasteiger partial charge in [-0.2, -0.15) is 0 Å². The van der Waals surface area contributed by atoms with Crippen molar-refractivity contribution in [1.29, 1.82) is 0 Å². The Labute approximate surface area is 244 Å². The van der Waals surface area contributed by atoms with Crippen molar-refractivity contribution in [3.8, 4) is 17.2 Å². The first-order chi connectivity index (χ1) is 19.9. The fraction of sp³-hybridized carbons (Fsp3) is 0.241. The van der Waals surface area contributed by atoms with Crippen LogP contribution in [-0.2, 0) is 16.6 Å². The van der Waals surface area contributed by atoms with E-state index >= 15 is 0 Å². The van der Waals surface area contributed by atoms with E-state index in [-0.39, 0.29) is 24.8 Å². The number of benzene rings is 3. The molecule has 0 radical (unpaired) electrons. The highest BCUT2D eigenvalue weighted by molar-refractivity contribution is 7.93. The predicted molar refractivity (Wildman–Crippen MR) is 160 cm³/mol. The molecule has 12 heteroatoms. The number of aromatic nitrogens is 1. The summed E-state index contributed by atoms with van der Waals surface area (Å²) in [6.07, 6.45) is 1.55. The van der Waals surface area contributed by atoms with Gasteiger partial charge in [0, 0.05) is 31.2 Å². The lowest BCUT2D eigenvalue weighted by Gasteiger charge is -2.30. The monoisotopic (exact) mass is 594 g/mol. The van der Waals surface area contributed by atoms with Gasteiger partial charge in [0.1, 0.15) is 17.3 Å². The van der Waals surface area contributed by atoms with E-state index in [9.17, 15) is 13.5 Å². The number of para-hydroxylation sites is 2. The minimum atomic E-state index is -4.17. The quantitative estimate of drug-likeness (QED) is 0.250. The van der Waals surface area contributed by atoms with Gasteiger partial charge >= 0.3 is 0 Å². The van der Waals surface area contributed by atoms with Gasteiger partial charge in [0.05, 0.1) is 30.9 Å². The molecule has 1 aliphatic heterocycles. The summed E-state index contributed by atoms with van der Waals surface area (Å²) in [6.45, 7) is 0.409. The molecule has 0 saturated carbocycles. The molecule has 1 aliphatic rings. The van der Waals surface area contributed by atoms with Gasteiger partial charge in [-0.25, -0.2) is 8.42 Å². The molecule has 0 saturated heterocycles. The van der Waals surface area contributed by atoms with Crippen molar-refractivity contribution in [2.45, 2.75) is 11.4 Å². The van der Waals surface area contributed by atoms with E-state index in [1.165, 1.54) is 10.4 Å². The number of sulfonamides is 1. The van der Waals surface area contributed by atoms with Crippen molar-refractivity contribution in [2.24, 2.45) is 0 Å². The van der Waals surface area contributed by atoms with E-state index < -0.39 is 16.6 Å². The van der Waals surface area contributed by atoms with Crippen LogP contribution in [0.3, 0.4) is 0 Å². The lowest BCUT2D eigenvalue weighted by Crippen LogP contribution is -2.40. The molecule has 41 heavy (non-hydrogen) atoms. The van der Waals surface area contributed by atoms with Gasteiger partial charge in [0.15, 0.2) is 16.6 Å². The number of aliphatic hydroxyl groups is 1. The number of anilines is 1. The Bertz CT molecular complexity index is 1630. The van der Waals surface area contributed by atoms with Crippen LogP contribution in [-0.4, -0.2) is 68.7 Å². The second-order valence-electron chi connectivity index (χ2n) is 9.10. The molecule has 1 aromatic heterocycles. The first kappa shape index (κ1) is 28.4. The summed E-state index contributed by atoms with van der Waals surface area (Å²) in [5.74, 6) is 1.64. The number of nitrogens with zero attached hydrogens (tertiary/aromatic N) is 3. The van der Waals surface area contributed by atoms with Crippen LogP contribution in [0, 0.1) is 0 Å². The van der Waals surface area contributed by atoms with Crippen LogP contribution in [0.25, 0.3) is 10.9 Å². The summed E-state index contributed by atoms with van der Waals surface area (Å²) < 4.78 is 46.8. The summed E-state index contributed by atoms with van der Waals surface area (Å²) in [5.41, 5.74) is 1.29. The topological polar surface area (TPSA) is 113 Å². The molecular formula is C29H30N4O6S2. The van der Waals surface area contributed by atoms with Crippen LogP contribution in [0.15, 0.2) is 83.9 Å². The van der Waals surface area contributed by atoms with Crippen LogP contribution in [0.2, 0.25) is 0 Å². The molecule has 5 rings (SSSR count). The zero-order chi connectivity index (χ0) is 28.8. The van der Waals surface area contributed by atoms with Crippen molar-refractivity contribution >= 4 is 43.9 Å². The lowest BCUT2D eigenvalue weighted by molar-refractivity contribution is 0.174. The van der Waals surface area contributed by atoms with E-state index in [0.717, 1.165) is 5.75 Å². The van der Waals surface area contributed by atoms with Gasteiger partial charge < -0.3 is 29.5 Å². The molecule has 0 aliphatic carbocycles. The average molecular weight is 595 g/mol. The molecular weight excluding hydrogens is 564 g/mol. The van der Waals surface area contributed by atoms with Gasteiger partial charge in [-0.05, 0) is 48.1 Å². The van der Waals surface area contributed by atoms with Crippen LogP contribution in [0.1, 0.15) is 5.56 Å². The van der Waals surface area contributed by atoms with Gasteiger partial charge in [-0.1, -0.05) is 36.4 Å². The molecule has 10 nitrogen and oxygen atoms in total. The maximum absolute atomic E-state index is 14.2. The molecule has 0 atom stereocenters. The maximum atomic E-state index is 14.2.